The molecule has 0 bridgehead atoms. The molecule has 0 aliphatic rings. The number of rotatable bonds is 10. The van der Waals surface area contributed by atoms with Gasteiger partial charge in [-0.1, -0.05) is 48.5 Å². The highest BCUT2D eigenvalue weighted by atomic mass is 16.3. The van der Waals surface area contributed by atoms with Crippen molar-refractivity contribution in [3.63, 3.8) is 0 Å². The van der Waals surface area contributed by atoms with E-state index in [0.29, 0.717) is 66.9 Å². The standard InChI is InChI=1S/C58H44N10O8/c1-29(69)51-59-43-13-5-9-17-47(43)63(51)33-21-34(64-48-18-10-6-14-44(48)60-52(64)30(2)70)24-37(23-33)67-55(73)39-27-41-42(28-40(39)56(67)74)58(76)68(57(41)75)38-25-35(65-49-19-11-7-15-45(49)61-53(65)31(3)71)22-36(26-38)66-50-20-12-8-16-46(50)62-54(66)32(4)72/h5-32,69-72H,1-4H3. The molecule has 13 rings (SSSR count). The van der Waals surface area contributed by atoms with E-state index >= 15 is 0 Å². The summed E-state index contributed by atoms with van der Waals surface area (Å²) in [5.41, 5.74) is 3.73. The topological polar surface area (TPSA) is 230 Å². The Labute approximate surface area is 428 Å². The Morgan fingerprint density at radius 1 is 0.303 bits per heavy atom. The lowest BCUT2D eigenvalue weighted by Gasteiger charge is -2.17. The normalized spacial score (nSPS) is 13.8. The van der Waals surface area contributed by atoms with Crippen molar-refractivity contribution >= 4 is 65.7 Å². The highest BCUT2D eigenvalue weighted by Gasteiger charge is 2.27. The molecule has 13 aromatic rings. The number of aromatic nitrogens is 10. The van der Waals surface area contributed by atoms with Gasteiger partial charge in [0.2, 0.25) is 0 Å². The molecule has 6 aromatic heterocycles. The van der Waals surface area contributed by atoms with Crippen molar-refractivity contribution in [3.05, 3.63) is 210 Å². The maximum absolute atomic E-state index is 15.0. The van der Waals surface area contributed by atoms with Crippen LogP contribution in [0.25, 0.3) is 99.8 Å². The third-order valence-corrected chi connectivity index (χ3v) is 14.1. The predicted molar refractivity (Wildman–Crippen MR) is 289 cm³/mol. The molecule has 4 atom stereocenters. The molecule has 18 nitrogen and oxygen atoms in total. The maximum Gasteiger partial charge on any atom is 0.266 e. The summed E-state index contributed by atoms with van der Waals surface area (Å²) in [6.07, 6.45) is -4.20. The average Bonchev–Trinajstić information content (AvgIpc) is 4.37. The maximum atomic E-state index is 15.0. The van der Waals surface area contributed by atoms with E-state index in [1.165, 1.54) is 12.1 Å². The van der Waals surface area contributed by atoms with E-state index in [4.69, 9.17) is 19.9 Å². The van der Waals surface area contributed by atoms with E-state index in [0.717, 1.165) is 9.13 Å². The van der Waals surface area contributed by atoms with Gasteiger partial charge in [0.25, 0.3) is 22.2 Å². The Morgan fingerprint density at radius 3 is 0.711 bits per heavy atom. The lowest BCUT2D eigenvalue weighted by Crippen LogP contribution is -2.24. The van der Waals surface area contributed by atoms with Gasteiger partial charge >= 0.3 is 0 Å². The van der Waals surface area contributed by atoms with Gasteiger partial charge in [0.1, 0.15) is 47.7 Å². The van der Waals surface area contributed by atoms with Crippen LogP contribution in [-0.4, -0.2) is 67.8 Å². The van der Waals surface area contributed by atoms with Crippen molar-refractivity contribution in [1.29, 1.82) is 0 Å². The van der Waals surface area contributed by atoms with Crippen molar-refractivity contribution in [2.75, 3.05) is 0 Å². The molecule has 0 aliphatic carbocycles. The molecular formula is C58H44N10O8. The monoisotopic (exact) mass is 1010 g/mol. The largest absolute Gasteiger partial charge is 0.385 e. The Morgan fingerprint density at radius 2 is 0.500 bits per heavy atom. The van der Waals surface area contributed by atoms with E-state index in [1.54, 1.807) is 82.4 Å². The number of hydrogen-bond acceptors (Lipinski definition) is 12. The van der Waals surface area contributed by atoms with Crippen LogP contribution in [0.3, 0.4) is 0 Å². The van der Waals surface area contributed by atoms with Gasteiger partial charge in [-0.2, -0.15) is 0 Å². The van der Waals surface area contributed by atoms with Crippen LogP contribution < -0.4 is 22.2 Å². The van der Waals surface area contributed by atoms with Crippen molar-refractivity contribution < 1.29 is 20.4 Å². The van der Waals surface area contributed by atoms with Gasteiger partial charge in [0, 0.05) is 0 Å². The molecule has 76 heavy (non-hydrogen) atoms. The first-order valence-electron chi connectivity index (χ1n) is 24.6. The average molecular weight is 1010 g/mol. The first kappa shape index (κ1) is 46.3. The summed E-state index contributed by atoms with van der Waals surface area (Å²) >= 11 is 0. The predicted octanol–water partition coefficient (Wildman–Crippen LogP) is 7.46. The number of nitrogens with zero attached hydrogens (tertiary/aromatic N) is 10. The summed E-state index contributed by atoms with van der Waals surface area (Å²) < 4.78 is 8.95. The second-order valence-electron chi connectivity index (χ2n) is 19.1. The van der Waals surface area contributed by atoms with E-state index in [2.05, 4.69) is 0 Å². The summed E-state index contributed by atoms with van der Waals surface area (Å²) in [6, 6.07) is 41.9. The Balaban J connectivity index is 1.05. The minimum atomic E-state index is -1.05. The third kappa shape index (κ3) is 6.89. The van der Waals surface area contributed by atoms with E-state index in [1.807, 2.05) is 97.1 Å². The number of imidazole rings is 4. The Bertz CT molecular complexity index is 4200. The molecule has 4 unspecified atom stereocenters. The number of fused-ring (bicyclic) bond motifs is 6. The molecule has 18 heteroatoms. The second kappa shape index (κ2) is 17.0. The molecule has 0 saturated heterocycles. The van der Waals surface area contributed by atoms with Gasteiger partial charge in [0.05, 0.1) is 99.8 Å². The van der Waals surface area contributed by atoms with Crippen molar-refractivity contribution in [2.24, 2.45) is 0 Å². The number of para-hydroxylation sites is 8. The molecule has 374 valence electrons. The molecule has 4 N–H and O–H groups in total. The summed E-state index contributed by atoms with van der Waals surface area (Å²) in [5.74, 6) is 1.16. The van der Waals surface area contributed by atoms with E-state index < -0.39 is 46.7 Å². The molecule has 0 saturated carbocycles. The van der Waals surface area contributed by atoms with Gasteiger partial charge in [-0.3, -0.25) is 37.4 Å². The van der Waals surface area contributed by atoms with Gasteiger partial charge < -0.3 is 20.4 Å². The van der Waals surface area contributed by atoms with Crippen molar-refractivity contribution in [3.8, 4) is 34.1 Å². The molecule has 0 amide bonds. The Hall–Kier alpha value is -9.46. The molecule has 7 aromatic carbocycles. The van der Waals surface area contributed by atoms with Crippen LogP contribution in [0.15, 0.2) is 165 Å². The van der Waals surface area contributed by atoms with E-state index in [9.17, 15) is 39.6 Å². The van der Waals surface area contributed by atoms with Gasteiger partial charge in [0.15, 0.2) is 0 Å². The summed E-state index contributed by atoms with van der Waals surface area (Å²) in [4.78, 5) is 78.8. The fourth-order valence-corrected chi connectivity index (χ4v) is 10.8. The zero-order valence-electron chi connectivity index (χ0n) is 41.1. The smallest absolute Gasteiger partial charge is 0.266 e. The summed E-state index contributed by atoms with van der Waals surface area (Å²) in [7, 11) is 0. The van der Waals surface area contributed by atoms with Gasteiger partial charge in [-0.15, -0.1) is 0 Å². The number of aliphatic hydroxyl groups excluding tert-OH is 4. The highest BCUT2D eigenvalue weighted by molar-refractivity contribution is 5.98. The molecule has 0 aliphatic heterocycles. The van der Waals surface area contributed by atoms with Crippen LogP contribution >= 0.6 is 0 Å². The fourth-order valence-electron chi connectivity index (χ4n) is 10.8. The van der Waals surface area contributed by atoms with Crippen molar-refractivity contribution in [1.82, 2.24) is 47.3 Å². The zero-order chi connectivity index (χ0) is 52.6. The lowest BCUT2D eigenvalue weighted by atomic mass is 10.1. The Kier molecular flexibility index (Phi) is 10.4. The van der Waals surface area contributed by atoms with Crippen LogP contribution in [0.4, 0.5) is 0 Å². The second-order valence-corrected chi connectivity index (χ2v) is 19.1. The van der Waals surface area contributed by atoms with Crippen molar-refractivity contribution in [2.45, 2.75) is 52.1 Å². The number of hydrogen-bond donors (Lipinski definition) is 4. The number of aliphatic hydroxyl groups is 4. The first-order valence-corrected chi connectivity index (χ1v) is 24.6. The van der Waals surface area contributed by atoms with Crippen LogP contribution in [0.2, 0.25) is 0 Å². The molecule has 0 spiro atoms. The van der Waals surface area contributed by atoms with Crippen LogP contribution in [0.5, 0.6) is 0 Å². The third-order valence-electron chi connectivity index (χ3n) is 14.1. The van der Waals surface area contributed by atoms with Crippen LogP contribution in [-0.2, 0) is 0 Å². The lowest BCUT2D eigenvalue weighted by molar-refractivity contribution is 0.187. The number of benzene rings is 7. The van der Waals surface area contributed by atoms with Gasteiger partial charge in [-0.25, -0.2) is 29.1 Å². The van der Waals surface area contributed by atoms with Gasteiger partial charge in [-0.05, 0) is 125 Å². The highest BCUT2D eigenvalue weighted by Crippen LogP contribution is 2.35. The fraction of sp³-hybridized carbons (Fsp3) is 0.138. The molecule has 0 fully saturated rings. The SMILES string of the molecule is CC(O)c1nc2ccccc2n1-c1cc(-n2c(=O)c3cc4c(=O)n(-c5cc(-n6c(C(C)O)nc7ccccc76)cc(-n6c(C(C)O)nc7ccccc76)c5)c(=O)c4cc3c2=O)cc(-n2c(C(C)O)nc3ccccc32)c1. The molecule has 0 radical (unpaired) electrons. The zero-order valence-corrected chi connectivity index (χ0v) is 41.1. The van der Waals surface area contributed by atoms with E-state index in [-0.39, 0.29) is 56.2 Å². The van der Waals surface area contributed by atoms with Crippen LogP contribution in [0.1, 0.15) is 75.4 Å². The molecular weight excluding hydrogens is 965 g/mol. The quantitative estimate of drug-likeness (QED) is 0.105. The first-order chi connectivity index (χ1) is 36.7. The summed E-state index contributed by atoms with van der Waals surface area (Å²) in [5, 5.41) is 43.9. The minimum absolute atomic E-state index is 0.110. The molecule has 6 heterocycles. The summed E-state index contributed by atoms with van der Waals surface area (Å²) in [6.45, 7) is 6.35. The van der Waals surface area contributed by atoms with Crippen LogP contribution in [0, 0.1) is 0 Å². The minimum Gasteiger partial charge on any atom is -0.385 e.